The van der Waals surface area contributed by atoms with Gasteiger partial charge in [0.05, 0.1) is 6.10 Å². The van der Waals surface area contributed by atoms with E-state index < -0.39 is 38.4 Å². The predicted molar refractivity (Wildman–Crippen MR) is 213 cm³/mol. The number of allylic oxidation sites excluding steroid dienone is 7. The number of hydrogen-bond acceptors (Lipinski definition) is 9. The molecule has 5 atom stereocenters. The van der Waals surface area contributed by atoms with E-state index in [2.05, 4.69) is 25.0 Å². The number of amides is 2. The van der Waals surface area contributed by atoms with Crippen LogP contribution in [0, 0.1) is 5.92 Å². The molecule has 0 saturated heterocycles. The SMILES string of the molecule is COCO[C@@H]1/C=C/[C@H](OCOCC[Si](C)(C)C)CCC/C=C/C(=O)O[C@@H]([C@H](C)/C=C(C)/C=C/NC(=O)C=C(C)C)C/C(C)=C/C=C/CC[C@H]1OC(N)=O. The van der Waals surface area contributed by atoms with E-state index >= 15 is 0 Å². The van der Waals surface area contributed by atoms with Gasteiger partial charge in [-0.3, -0.25) is 4.79 Å². The minimum atomic E-state index is -1.24. The van der Waals surface area contributed by atoms with E-state index in [9.17, 15) is 14.4 Å². The van der Waals surface area contributed by atoms with Crippen molar-refractivity contribution in [2.75, 3.05) is 27.3 Å². The lowest BCUT2D eigenvalue weighted by atomic mass is 9.95. The molecular weight excluding hydrogens is 693 g/mol. The molecule has 53 heavy (non-hydrogen) atoms. The van der Waals surface area contributed by atoms with Crippen molar-refractivity contribution in [3.63, 3.8) is 0 Å². The molecule has 0 aromatic heterocycles. The number of methoxy groups -OCH3 is 1. The van der Waals surface area contributed by atoms with Gasteiger partial charge < -0.3 is 39.5 Å². The number of primary amides is 1. The Kier molecular flexibility index (Phi) is 24.3. The highest BCUT2D eigenvalue weighted by Gasteiger charge is 2.24. The molecule has 1 rings (SSSR count). The van der Waals surface area contributed by atoms with Gasteiger partial charge in [0.25, 0.3) is 0 Å². The molecule has 0 bridgehead atoms. The van der Waals surface area contributed by atoms with Gasteiger partial charge in [-0.25, -0.2) is 9.59 Å². The Balaban J connectivity index is 3.28. The van der Waals surface area contributed by atoms with Gasteiger partial charge >= 0.3 is 12.1 Å². The zero-order valence-electron chi connectivity index (χ0n) is 33.6. The van der Waals surface area contributed by atoms with Crippen LogP contribution in [-0.4, -0.2) is 77.8 Å². The molecule has 298 valence electrons. The first kappa shape index (κ1) is 47.5. The Morgan fingerprint density at radius 3 is 2.51 bits per heavy atom. The molecule has 0 saturated carbocycles. The van der Waals surface area contributed by atoms with Gasteiger partial charge in [-0.2, -0.15) is 0 Å². The molecule has 3 N–H and O–H groups in total. The van der Waals surface area contributed by atoms with Crippen molar-refractivity contribution in [1.82, 2.24) is 5.32 Å². The first-order valence-corrected chi connectivity index (χ1v) is 22.2. The van der Waals surface area contributed by atoms with Crippen LogP contribution < -0.4 is 11.1 Å². The molecule has 0 aromatic rings. The molecule has 0 unspecified atom stereocenters. The highest BCUT2D eigenvalue weighted by atomic mass is 28.3. The summed E-state index contributed by atoms with van der Waals surface area (Å²) >= 11 is 0. The van der Waals surface area contributed by atoms with Gasteiger partial charge in [-0.1, -0.05) is 85.8 Å². The third kappa shape index (κ3) is 25.2. The maximum absolute atomic E-state index is 13.0. The number of nitrogens with one attached hydrogen (secondary N) is 1. The second kappa shape index (κ2) is 27.1. The molecule has 0 radical (unpaired) electrons. The van der Waals surface area contributed by atoms with Crippen LogP contribution in [-0.2, 0) is 38.0 Å². The fraction of sp³-hybridized carbons (Fsp3) is 0.585. The average molecular weight is 759 g/mol. The molecule has 12 heteroatoms. The van der Waals surface area contributed by atoms with Crippen LogP contribution in [0.4, 0.5) is 4.79 Å². The second-order valence-corrected chi connectivity index (χ2v) is 20.4. The van der Waals surface area contributed by atoms with Gasteiger partial charge in [-0.15, -0.1) is 0 Å². The number of carbonyl (C=O) groups is 3. The largest absolute Gasteiger partial charge is 0.458 e. The topological polar surface area (TPSA) is 145 Å². The highest BCUT2D eigenvalue weighted by molar-refractivity contribution is 6.76. The van der Waals surface area contributed by atoms with Crippen molar-refractivity contribution >= 4 is 26.0 Å². The molecule has 1 aliphatic heterocycles. The van der Waals surface area contributed by atoms with E-state index in [1.165, 1.54) is 19.3 Å². The fourth-order valence-corrected chi connectivity index (χ4v) is 5.92. The minimum Gasteiger partial charge on any atom is -0.458 e. The lowest BCUT2D eigenvalue weighted by Crippen LogP contribution is -2.35. The second-order valence-electron chi connectivity index (χ2n) is 14.8. The zero-order chi connectivity index (χ0) is 39.6. The van der Waals surface area contributed by atoms with E-state index in [1.54, 1.807) is 6.20 Å². The Morgan fingerprint density at radius 2 is 1.83 bits per heavy atom. The van der Waals surface area contributed by atoms with Crippen LogP contribution in [0.15, 0.2) is 83.7 Å². The number of rotatable bonds is 15. The molecule has 1 aliphatic rings. The van der Waals surface area contributed by atoms with Gasteiger partial charge in [0.1, 0.15) is 31.9 Å². The summed E-state index contributed by atoms with van der Waals surface area (Å²) in [6.45, 7) is 17.3. The molecule has 0 fully saturated rings. The van der Waals surface area contributed by atoms with E-state index in [0.29, 0.717) is 38.7 Å². The summed E-state index contributed by atoms with van der Waals surface area (Å²) in [6, 6.07) is 1.03. The summed E-state index contributed by atoms with van der Waals surface area (Å²) in [4.78, 5) is 36.9. The number of cyclic esters (lactones) is 1. The molecule has 0 aliphatic carbocycles. The molecule has 11 nitrogen and oxygen atoms in total. The maximum Gasteiger partial charge on any atom is 0.404 e. The molecule has 0 spiro atoms. The van der Waals surface area contributed by atoms with Crippen molar-refractivity contribution in [1.29, 1.82) is 0 Å². The van der Waals surface area contributed by atoms with E-state index in [-0.39, 0.29) is 31.5 Å². The van der Waals surface area contributed by atoms with Crippen LogP contribution in [0.5, 0.6) is 0 Å². The van der Waals surface area contributed by atoms with Crippen LogP contribution in [0.1, 0.15) is 73.1 Å². The third-order valence-corrected chi connectivity index (χ3v) is 9.74. The summed E-state index contributed by atoms with van der Waals surface area (Å²) in [6.07, 6.45) is 20.5. The van der Waals surface area contributed by atoms with Crippen molar-refractivity contribution in [2.45, 2.75) is 123 Å². The molecule has 2 amide bonds. The first-order chi connectivity index (χ1) is 25.1. The average Bonchev–Trinajstić information content (AvgIpc) is 3.05. The Labute approximate surface area is 319 Å². The van der Waals surface area contributed by atoms with Crippen molar-refractivity contribution in [3.05, 3.63) is 83.7 Å². The van der Waals surface area contributed by atoms with Crippen LogP contribution in [0.25, 0.3) is 0 Å². The standard InChI is InChI=1S/C41H66N2O9Si/c1-31(2)26-39(44)43-23-22-33(4)27-34(5)38-28-32(3)16-12-10-14-18-37(52-41(42)46)36(50-29-47-6)21-20-35(17-13-11-15-19-40(45)51-38)49-30-48-24-25-53(7,8)9/h10,12,15-16,19-23,26-27,34-38H,11,13-14,17-18,24-25,28-30H2,1-9H3,(H2,42,46)(H,43,44)/b12-10+,19-15+,21-20+,23-22+,32-16+,33-27+/t34-,35-,36-,37-,38-/m1/s1. The lowest BCUT2D eigenvalue weighted by molar-refractivity contribution is -0.144. The number of esters is 1. The number of ether oxygens (including phenoxy) is 6. The quantitative estimate of drug-likeness (QED) is 0.0321. The van der Waals surface area contributed by atoms with Gasteiger partial charge in [-0.05, 0) is 71.9 Å². The summed E-state index contributed by atoms with van der Waals surface area (Å²) < 4.78 is 34.5. The Hall–Kier alpha value is -3.55. The summed E-state index contributed by atoms with van der Waals surface area (Å²) in [5.74, 6) is -0.718. The van der Waals surface area contributed by atoms with Gasteiger partial charge in [0.15, 0.2) is 0 Å². The normalized spacial score (nSPS) is 24.9. The van der Waals surface area contributed by atoms with Gasteiger partial charge in [0.2, 0.25) is 5.91 Å². The van der Waals surface area contributed by atoms with Crippen LogP contribution in [0.2, 0.25) is 25.7 Å². The number of hydrogen-bond donors (Lipinski definition) is 2. The summed E-state index contributed by atoms with van der Waals surface area (Å²) in [5.41, 5.74) is 8.31. The highest BCUT2D eigenvalue weighted by Crippen LogP contribution is 2.21. The maximum atomic E-state index is 13.0. The minimum absolute atomic E-state index is 0.00491. The summed E-state index contributed by atoms with van der Waals surface area (Å²) in [7, 11) is 0.282. The van der Waals surface area contributed by atoms with Crippen molar-refractivity contribution in [2.24, 2.45) is 11.7 Å². The van der Waals surface area contributed by atoms with E-state index in [1.807, 2.05) is 83.2 Å². The van der Waals surface area contributed by atoms with Crippen LogP contribution >= 0.6 is 0 Å². The number of nitrogens with two attached hydrogens (primary N) is 1. The molecule has 0 aromatic carbocycles. The van der Waals surface area contributed by atoms with Crippen molar-refractivity contribution < 1.29 is 42.8 Å². The van der Waals surface area contributed by atoms with Gasteiger partial charge in [0, 0.05) is 52.5 Å². The molecular formula is C41H66N2O9Si. The third-order valence-electron chi connectivity index (χ3n) is 8.03. The molecule has 1 heterocycles. The van der Waals surface area contributed by atoms with Crippen molar-refractivity contribution in [3.8, 4) is 0 Å². The summed E-state index contributed by atoms with van der Waals surface area (Å²) in [5, 5.41) is 2.73. The van der Waals surface area contributed by atoms with E-state index in [4.69, 9.17) is 34.2 Å². The Bertz CT molecular complexity index is 1320. The van der Waals surface area contributed by atoms with E-state index in [0.717, 1.165) is 29.2 Å². The van der Waals surface area contributed by atoms with Crippen LogP contribution in [0.3, 0.4) is 0 Å². The first-order valence-electron chi connectivity index (χ1n) is 18.5. The lowest BCUT2D eigenvalue weighted by Gasteiger charge is -2.24. The zero-order valence-corrected chi connectivity index (χ0v) is 34.6. The monoisotopic (exact) mass is 758 g/mol. The predicted octanol–water partition coefficient (Wildman–Crippen LogP) is 8.20. The fourth-order valence-electron chi connectivity index (χ4n) is 5.17. The smallest absolute Gasteiger partial charge is 0.404 e. The Morgan fingerprint density at radius 1 is 1.08 bits per heavy atom. The number of carbonyl (C=O) groups excluding carboxylic acids is 3.